The van der Waals surface area contributed by atoms with Crippen LogP contribution in [0.1, 0.15) is 37.0 Å². The number of hydrogen-bond acceptors (Lipinski definition) is 2. The molecule has 1 heterocycles. The van der Waals surface area contributed by atoms with E-state index in [-0.39, 0.29) is 11.9 Å². The Hall–Kier alpha value is -1.58. The van der Waals surface area contributed by atoms with Crippen LogP contribution in [-0.2, 0) is 0 Å². The zero-order valence-electron chi connectivity index (χ0n) is 9.06. The molecule has 0 atom stereocenters. The molecule has 0 bridgehead atoms. The van der Waals surface area contributed by atoms with E-state index in [1.54, 1.807) is 0 Å². The van der Waals surface area contributed by atoms with Crippen LogP contribution in [0.4, 0.5) is 0 Å². The monoisotopic (exact) mass is 208 g/mol. The van der Waals surface area contributed by atoms with Gasteiger partial charge in [-0.3, -0.25) is 4.79 Å². The SMILES string of the molecule is CCC(CC)NC(=O)c1cc[n+]([O-])cc1. The summed E-state index contributed by atoms with van der Waals surface area (Å²) in [5, 5.41) is 13.7. The van der Waals surface area contributed by atoms with Gasteiger partial charge in [-0.15, -0.1) is 0 Å². The van der Waals surface area contributed by atoms with Crippen molar-refractivity contribution in [1.29, 1.82) is 0 Å². The predicted molar refractivity (Wildman–Crippen MR) is 57.2 cm³/mol. The van der Waals surface area contributed by atoms with Crippen LogP contribution in [0.5, 0.6) is 0 Å². The highest BCUT2D eigenvalue weighted by atomic mass is 16.5. The van der Waals surface area contributed by atoms with Crippen LogP contribution in [-0.4, -0.2) is 11.9 Å². The van der Waals surface area contributed by atoms with Crippen molar-refractivity contribution in [1.82, 2.24) is 5.32 Å². The lowest BCUT2D eigenvalue weighted by Gasteiger charge is -2.14. The summed E-state index contributed by atoms with van der Waals surface area (Å²) >= 11 is 0. The maximum absolute atomic E-state index is 11.7. The third-order valence-electron chi connectivity index (χ3n) is 2.39. The molecule has 1 N–H and O–H groups in total. The summed E-state index contributed by atoms with van der Waals surface area (Å²) in [5.74, 6) is -0.121. The van der Waals surface area contributed by atoms with Crippen LogP contribution in [0, 0.1) is 5.21 Å². The van der Waals surface area contributed by atoms with Crippen molar-refractivity contribution in [2.24, 2.45) is 0 Å². The first-order valence-corrected chi connectivity index (χ1v) is 5.17. The van der Waals surface area contributed by atoms with Gasteiger partial charge in [-0.1, -0.05) is 13.8 Å². The lowest BCUT2D eigenvalue weighted by Crippen LogP contribution is -2.34. The van der Waals surface area contributed by atoms with Crippen LogP contribution in [0.25, 0.3) is 0 Å². The Morgan fingerprint density at radius 3 is 2.40 bits per heavy atom. The molecule has 82 valence electrons. The molecule has 1 aromatic rings. The summed E-state index contributed by atoms with van der Waals surface area (Å²) in [6, 6.07) is 3.24. The fraction of sp³-hybridized carbons (Fsp3) is 0.455. The second-order valence-electron chi connectivity index (χ2n) is 3.43. The number of nitrogens with one attached hydrogen (secondary N) is 1. The topological polar surface area (TPSA) is 56.0 Å². The van der Waals surface area contributed by atoms with E-state index in [0.717, 1.165) is 12.8 Å². The van der Waals surface area contributed by atoms with Gasteiger partial charge in [0.05, 0.1) is 5.56 Å². The molecule has 0 spiro atoms. The smallest absolute Gasteiger partial charge is 0.251 e. The lowest BCUT2D eigenvalue weighted by atomic mass is 10.1. The van der Waals surface area contributed by atoms with Gasteiger partial charge in [0.1, 0.15) is 0 Å². The quantitative estimate of drug-likeness (QED) is 0.598. The van der Waals surface area contributed by atoms with Gasteiger partial charge in [-0.2, -0.15) is 4.73 Å². The van der Waals surface area contributed by atoms with Crippen molar-refractivity contribution in [2.45, 2.75) is 32.7 Å². The Morgan fingerprint density at radius 2 is 1.93 bits per heavy atom. The average Bonchev–Trinajstić information content (AvgIpc) is 2.26. The van der Waals surface area contributed by atoms with Gasteiger partial charge in [0, 0.05) is 18.2 Å². The molecule has 4 heteroatoms. The van der Waals surface area contributed by atoms with Crippen LogP contribution < -0.4 is 10.0 Å². The van der Waals surface area contributed by atoms with Crippen molar-refractivity contribution in [3.05, 3.63) is 35.3 Å². The lowest BCUT2D eigenvalue weighted by molar-refractivity contribution is -0.605. The van der Waals surface area contributed by atoms with E-state index in [1.165, 1.54) is 24.5 Å². The van der Waals surface area contributed by atoms with Crippen LogP contribution >= 0.6 is 0 Å². The Balaban J connectivity index is 2.64. The first-order valence-electron chi connectivity index (χ1n) is 5.17. The number of pyridine rings is 1. The van der Waals surface area contributed by atoms with Gasteiger partial charge < -0.3 is 10.5 Å². The van der Waals surface area contributed by atoms with Crippen molar-refractivity contribution in [2.75, 3.05) is 0 Å². The zero-order valence-corrected chi connectivity index (χ0v) is 9.06. The van der Waals surface area contributed by atoms with E-state index in [1.807, 2.05) is 13.8 Å². The van der Waals surface area contributed by atoms with Gasteiger partial charge in [0.15, 0.2) is 12.4 Å². The minimum atomic E-state index is -0.121. The number of carbonyl (C=O) groups is 1. The molecule has 15 heavy (non-hydrogen) atoms. The highest BCUT2D eigenvalue weighted by molar-refractivity contribution is 5.94. The summed E-state index contributed by atoms with van der Waals surface area (Å²) in [6.45, 7) is 4.07. The first kappa shape index (κ1) is 11.5. The molecular weight excluding hydrogens is 192 g/mol. The summed E-state index contributed by atoms with van der Waals surface area (Å²) < 4.78 is 0.661. The molecule has 4 nitrogen and oxygen atoms in total. The first-order chi connectivity index (χ1) is 7.17. The molecule has 0 saturated carbocycles. The summed E-state index contributed by atoms with van der Waals surface area (Å²) in [6.07, 6.45) is 4.47. The minimum Gasteiger partial charge on any atom is -0.619 e. The van der Waals surface area contributed by atoms with Crippen LogP contribution in [0.2, 0.25) is 0 Å². The van der Waals surface area contributed by atoms with Crippen molar-refractivity contribution in [3.8, 4) is 0 Å². The molecule has 0 aliphatic heterocycles. The third-order valence-corrected chi connectivity index (χ3v) is 2.39. The Kier molecular flexibility index (Phi) is 4.09. The van der Waals surface area contributed by atoms with E-state index >= 15 is 0 Å². The van der Waals surface area contributed by atoms with Crippen LogP contribution in [0.3, 0.4) is 0 Å². The van der Waals surface area contributed by atoms with E-state index < -0.39 is 0 Å². The number of aromatic nitrogens is 1. The van der Waals surface area contributed by atoms with E-state index in [9.17, 15) is 10.0 Å². The molecule has 0 radical (unpaired) electrons. The summed E-state index contributed by atoms with van der Waals surface area (Å²) in [7, 11) is 0. The van der Waals surface area contributed by atoms with Gasteiger partial charge in [-0.25, -0.2) is 0 Å². The standard InChI is InChI=1S/C11H16N2O2/c1-3-10(4-2)12-11(14)9-5-7-13(15)8-6-9/h5-8,10H,3-4H2,1-2H3,(H,12,14). The average molecular weight is 208 g/mol. The predicted octanol–water partition coefficient (Wildman–Crippen LogP) is 1.24. The minimum absolute atomic E-state index is 0.121. The van der Waals surface area contributed by atoms with Gasteiger partial charge in [0.25, 0.3) is 5.91 Å². The molecule has 0 unspecified atom stereocenters. The molecule has 0 saturated heterocycles. The number of nitrogens with zero attached hydrogens (tertiary/aromatic N) is 1. The van der Waals surface area contributed by atoms with Crippen molar-refractivity contribution < 1.29 is 9.52 Å². The Labute approximate surface area is 89.5 Å². The van der Waals surface area contributed by atoms with E-state index in [0.29, 0.717) is 10.3 Å². The molecular formula is C11H16N2O2. The zero-order chi connectivity index (χ0) is 11.3. The van der Waals surface area contributed by atoms with Gasteiger partial charge in [-0.05, 0) is 12.8 Å². The van der Waals surface area contributed by atoms with E-state index in [2.05, 4.69) is 5.32 Å². The summed E-state index contributed by atoms with van der Waals surface area (Å²) in [5.41, 5.74) is 0.522. The molecule has 0 aromatic carbocycles. The highest BCUT2D eigenvalue weighted by Crippen LogP contribution is 2.00. The summed E-state index contributed by atoms with van der Waals surface area (Å²) in [4.78, 5) is 11.7. The fourth-order valence-electron chi connectivity index (χ4n) is 1.33. The maximum atomic E-state index is 11.7. The molecule has 0 aliphatic rings. The second-order valence-corrected chi connectivity index (χ2v) is 3.43. The number of rotatable bonds is 4. The molecule has 0 fully saturated rings. The Morgan fingerprint density at radius 1 is 1.40 bits per heavy atom. The molecule has 1 aromatic heterocycles. The Bertz CT molecular complexity index is 318. The van der Waals surface area contributed by atoms with Crippen LogP contribution in [0.15, 0.2) is 24.5 Å². The van der Waals surface area contributed by atoms with Gasteiger partial charge >= 0.3 is 0 Å². The number of carbonyl (C=O) groups excluding carboxylic acids is 1. The molecule has 1 amide bonds. The number of hydrogen-bond donors (Lipinski definition) is 1. The second kappa shape index (κ2) is 5.34. The highest BCUT2D eigenvalue weighted by Gasteiger charge is 2.10. The molecule has 0 aliphatic carbocycles. The molecule has 1 rings (SSSR count). The van der Waals surface area contributed by atoms with Crippen molar-refractivity contribution in [3.63, 3.8) is 0 Å². The normalized spacial score (nSPS) is 10.3. The fourth-order valence-corrected chi connectivity index (χ4v) is 1.33. The third kappa shape index (κ3) is 3.23. The van der Waals surface area contributed by atoms with Gasteiger partial charge in [0.2, 0.25) is 0 Å². The van der Waals surface area contributed by atoms with Crippen molar-refractivity contribution >= 4 is 5.91 Å². The number of amides is 1. The maximum Gasteiger partial charge on any atom is 0.251 e. The largest absolute Gasteiger partial charge is 0.619 e. The van der Waals surface area contributed by atoms with E-state index in [4.69, 9.17) is 0 Å².